The molecule has 0 aliphatic rings. The highest BCUT2D eigenvalue weighted by Crippen LogP contribution is 2.27. The van der Waals surface area contributed by atoms with Crippen molar-refractivity contribution in [3.05, 3.63) is 54.6 Å². The van der Waals surface area contributed by atoms with Crippen LogP contribution in [0.5, 0.6) is 11.6 Å². The third-order valence-corrected chi connectivity index (χ3v) is 4.03. The van der Waals surface area contributed by atoms with Crippen LogP contribution < -0.4 is 10.5 Å². The van der Waals surface area contributed by atoms with Gasteiger partial charge in [-0.1, -0.05) is 0 Å². The highest BCUT2D eigenvalue weighted by molar-refractivity contribution is 5.58. The minimum atomic E-state index is -0.592. The summed E-state index contributed by atoms with van der Waals surface area (Å²) in [4.78, 5) is 5.35. The number of pyridine rings is 1. The van der Waals surface area contributed by atoms with Crippen molar-refractivity contribution < 1.29 is 14.2 Å². The number of H-pyrrole nitrogens is 1. The van der Waals surface area contributed by atoms with E-state index >= 15 is 0 Å². The van der Waals surface area contributed by atoms with Gasteiger partial charge < -0.3 is 15.6 Å². The number of tetrazole rings is 1. The van der Waals surface area contributed by atoms with Gasteiger partial charge in [0.2, 0.25) is 5.82 Å². The Kier molecular flexibility index (Phi) is 5.22. The van der Waals surface area contributed by atoms with E-state index in [1.807, 2.05) is 0 Å². The van der Waals surface area contributed by atoms with E-state index in [9.17, 15) is 4.39 Å². The van der Waals surface area contributed by atoms with Crippen LogP contribution in [-0.2, 0) is 6.54 Å². The standard InChI is InChI=1S/C18H17FN8O2/c19-15-7-12(16-5-6-22-23-16)8-21-18(15)29-14-3-1-11(2-4-14)17-24-26-27(25-17)9-13(20)10-28/h1-8,13,28H,9-10,20H2,(H,22,23). The summed E-state index contributed by atoms with van der Waals surface area (Å²) in [6, 6.07) is 9.33. The Morgan fingerprint density at radius 1 is 1.21 bits per heavy atom. The van der Waals surface area contributed by atoms with Crippen LogP contribution in [0.4, 0.5) is 4.39 Å². The van der Waals surface area contributed by atoms with Gasteiger partial charge in [0.15, 0.2) is 5.82 Å². The lowest BCUT2D eigenvalue weighted by molar-refractivity contribution is 0.245. The zero-order valence-corrected chi connectivity index (χ0v) is 15.1. The van der Waals surface area contributed by atoms with E-state index in [1.165, 1.54) is 17.1 Å². The number of hydrogen-bond donors (Lipinski definition) is 3. The summed E-state index contributed by atoms with van der Waals surface area (Å²) in [6.07, 6.45) is 3.08. The molecule has 1 unspecified atom stereocenters. The van der Waals surface area contributed by atoms with Gasteiger partial charge in [-0.3, -0.25) is 5.10 Å². The van der Waals surface area contributed by atoms with Crippen molar-refractivity contribution in [2.24, 2.45) is 5.73 Å². The molecule has 0 amide bonds. The Morgan fingerprint density at radius 2 is 2.03 bits per heavy atom. The molecule has 1 atom stereocenters. The minimum absolute atomic E-state index is 0.136. The van der Waals surface area contributed by atoms with E-state index < -0.39 is 11.9 Å². The third kappa shape index (κ3) is 4.25. The molecule has 0 bridgehead atoms. The fourth-order valence-corrected chi connectivity index (χ4v) is 2.55. The first kappa shape index (κ1) is 18.7. The molecule has 4 rings (SSSR count). The molecule has 3 heterocycles. The molecule has 4 N–H and O–H groups in total. The molecule has 148 valence electrons. The lowest BCUT2D eigenvalue weighted by atomic mass is 10.2. The van der Waals surface area contributed by atoms with Crippen molar-refractivity contribution in [2.75, 3.05) is 6.61 Å². The molecule has 3 aromatic heterocycles. The van der Waals surface area contributed by atoms with E-state index in [2.05, 4.69) is 30.6 Å². The van der Waals surface area contributed by atoms with Crippen molar-refractivity contribution >= 4 is 0 Å². The van der Waals surface area contributed by atoms with Crippen molar-refractivity contribution in [1.29, 1.82) is 0 Å². The van der Waals surface area contributed by atoms with Gasteiger partial charge in [0.05, 0.1) is 18.8 Å². The molecular weight excluding hydrogens is 379 g/mol. The van der Waals surface area contributed by atoms with Crippen LogP contribution in [0.1, 0.15) is 0 Å². The second-order valence-corrected chi connectivity index (χ2v) is 6.22. The number of aromatic nitrogens is 7. The van der Waals surface area contributed by atoms with Gasteiger partial charge >= 0.3 is 0 Å². The predicted molar refractivity (Wildman–Crippen MR) is 100 cm³/mol. The van der Waals surface area contributed by atoms with Crippen LogP contribution in [0.3, 0.4) is 0 Å². The molecule has 29 heavy (non-hydrogen) atoms. The Labute approximate surface area is 164 Å². The smallest absolute Gasteiger partial charge is 0.255 e. The molecule has 0 spiro atoms. The molecular formula is C18H17FN8O2. The monoisotopic (exact) mass is 396 g/mol. The SMILES string of the molecule is NC(CO)Cn1nnc(-c2ccc(Oc3ncc(-c4ccn[nH]4)cc3F)cc2)n1. The van der Waals surface area contributed by atoms with E-state index in [1.54, 1.807) is 36.5 Å². The average Bonchev–Trinajstić information content (AvgIpc) is 3.42. The summed E-state index contributed by atoms with van der Waals surface area (Å²) < 4.78 is 19.9. The second-order valence-electron chi connectivity index (χ2n) is 6.22. The zero-order chi connectivity index (χ0) is 20.2. The van der Waals surface area contributed by atoms with Gasteiger partial charge in [0.1, 0.15) is 5.75 Å². The lowest BCUT2D eigenvalue weighted by Gasteiger charge is -2.07. The van der Waals surface area contributed by atoms with Crippen molar-refractivity contribution in [1.82, 2.24) is 35.4 Å². The quantitative estimate of drug-likeness (QED) is 0.425. The van der Waals surface area contributed by atoms with E-state index in [4.69, 9.17) is 15.6 Å². The maximum Gasteiger partial charge on any atom is 0.255 e. The number of halogens is 1. The van der Waals surface area contributed by atoms with Gasteiger partial charge in [-0.15, -0.1) is 10.2 Å². The molecule has 4 aromatic rings. The zero-order valence-electron chi connectivity index (χ0n) is 15.1. The van der Waals surface area contributed by atoms with Crippen LogP contribution in [-0.4, -0.2) is 53.1 Å². The second kappa shape index (κ2) is 8.12. The Hall–Kier alpha value is -3.70. The first-order valence-corrected chi connectivity index (χ1v) is 8.70. The summed E-state index contributed by atoms with van der Waals surface area (Å²) in [5, 5.41) is 27.6. The van der Waals surface area contributed by atoms with Crippen LogP contribution in [0, 0.1) is 5.82 Å². The van der Waals surface area contributed by atoms with E-state index in [-0.39, 0.29) is 19.0 Å². The normalized spacial score (nSPS) is 12.1. The molecule has 0 radical (unpaired) electrons. The number of aliphatic hydroxyl groups is 1. The highest BCUT2D eigenvalue weighted by Gasteiger charge is 2.12. The van der Waals surface area contributed by atoms with Gasteiger partial charge in [0.25, 0.3) is 5.88 Å². The summed E-state index contributed by atoms with van der Waals surface area (Å²) in [5.41, 5.74) is 7.58. The summed E-state index contributed by atoms with van der Waals surface area (Å²) >= 11 is 0. The predicted octanol–water partition coefficient (Wildman–Crippen LogP) is 1.38. The fraction of sp³-hybridized carbons (Fsp3) is 0.167. The van der Waals surface area contributed by atoms with Crippen LogP contribution in [0.15, 0.2) is 48.8 Å². The molecule has 0 aliphatic carbocycles. The van der Waals surface area contributed by atoms with E-state index in [0.29, 0.717) is 28.4 Å². The van der Waals surface area contributed by atoms with Crippen molar-refractivity contribution in [3.8, 4) is 34.3 Å². The lowest BCUT2D eigenvalue weighted by Crippen LogP contribution is -2.30. The van der Waals surface area contributed by atoms with Gasteiger partial charge in [-0.2, -0.15) is 9.90 Å². The van der Waals surface area contributed by atoms with Crippen molar-refractivity contribution in [3.63, 3.8) is 0 Å². The topological polar surface area (TPSA) is 141 Å². The molecule has 11 heteroatoms. The molecule has 0 saturated heterocycles. The average molecular weight is 396 g/mol. The fourth-order valence-electron chi connectivity index (χ4n) is 2.55. The summed E-state index contributed by atoms with van der Waals surface area (Å²) in [5.74, 6) is 0.0770. The number of aromatic amines is 1. The van der Waals surface area contributed by atoms with Gasteiger partial charge in [0, 0.05) is 29.6 Å². The number of benzene rings is 1. The first-order chi connectivity index (χ1) is 14.1. The Bertz CT molecular complexity index is 1080. The summed E-state index contributed by atoms with van der Waals surface area (Å²) in [7, 11) is 0. The molecule has 0 aliphatic heterocycles. The van der Waals surface area contributed by atoms with Gasteiger partial charge in [-0.25, -0.2) is 9.37 Å². The minimum Gasteiger partial charge on any atom is -0.436 e. The number of nitrogens with two attached hydrogens (primary N) is 1. The Morgan fingerprint density at radius 3 is 2.72 bits per heavy atom. The van der Waals surface area contributed by atoms with Crippen molar-refractivity contribution in [2.45, 2.75) is 12.6 Å². The highest BCUT2D eigenvalue weighted by atomic mass is 19.1. The molecule has 0 saturated carbocycles. The third-order valence-electron chi connectivity index (χ3n) is 4.03. The van der Waals surface area contributed by atoms with Crippen LogP contribution >= 0.6 is 0 Å². The number of hydrogen-bond acceptors (Lipinski definition) is 8. The Balaban J connectivity index is 1.46. The molecule has 1 aromatic carbocycles. The maximum atomic E-state index is 14.3. The van der Waals surface area contributed by atoms with Crippen LogP contribution in [0.2, 0.25) is 0 Å². The molecule has 10 nitrogen and oxygen atoms in total. The molecule has 0 fully saturated rings. The first-order valence-electron chi connectivity index (χ1n) is 8.70. The van der Waals surface area contributed by atoms with Gasteiger partial charge in [-0.05, 0) is 41.6 Å². The number of aliphatic hydroxyl groups excluding tert-OH is 1. The maximum absolute atomic E-state index is 14.3. The number of rotatable bonds is 7. The number of nitrogens with zero attached hydrogens (tertiary/aromatic N) is 6. The largest absolute Gasteiger partial charge is 0.436 e. The van der Waals surface area contributed by atoms with Crippen LogP contribution in [0.25, 0.3) is 22.6 Å². The number of nitrogens with one attached hydrogen (secondary N) is 1. The van der Waals surface area contributed by atoms with E-state index in [0.717, 1.165) is 0 Å². The number of ether oxygens (including phenoxy) is 1. The summed E-state index contributed by atoms with van der Waals surface area (Å²) in [6.45, 7) is 0.0839.